The molecule has 0 aromatic carbocycles. The fourth-order valence-electron chi connectivity index (χ4n) is 2.04. The van der Waals surface area contributed by atoms with E-state index in [-0.39, 0.29) is 19.6 Å². The van der Waals surface area contributed by atoms with Crippen molar-refractivity contribution >= 4 is 21.6 Å². The molecule has 2 rings (SSSR count). The van der Waals surface area contributed by atoms with E-state index in [2.05, 4.69) is 5.32 Å². The van der Waals surface area contributed by atoms with Crippen LogP contribution in [0.15, 0.2) is 22.4 Å². The van der Waals surface area contributed by atoms with Crippen molar-refractivity contribution in [2.24, 2.45) is 0 Å². The molecule has 1 saturated heterocycles. The molecule has 0 bridgehead atoms. The van der Waals surface area contributed by atoms with Gasteiger partial charge in [-0.25, -0.2) is 8.42 Å². The van der Waals surface area contributed by atoms with Crippen LogP contribution < -0.4 is 5.32 Å². The van der Waals surface area contributed by atoms with Crippen molar-refractivity contribution in [2.75, 3.05) is 19.6 Å². The molecule has 0 aromatic heterocycles. The molecule has 1 aliphatic carbocycles. The minimum Gasteiger partial charge on any atom is -0.384 e. The first-order chi connectivity index (χ1) is 8.73. The van der Waals surface area contributed by atoms with Crippen LogP contribution in [0.4, 0.5) is 13.2 Å². The van der Waals surface area contributed by atoms with Gasteiger partial charge in [-0.15, -0.1) is 0 Å². The van der Waals surface area contributed by atoms with Crippen LogP contribution in [0.1, 0.15) is 12.8 Å². The number of rotatable bonds is 1. The van der Waals surface area contributed by atoms with Crippen molar-refractivity contribution in [1.82, 2.24) is 9.62 Å². The summed E-state index contributed by atoms with van der Waals surface area (Å²) in [6.45, 7) is -0.471. The molecule has 0 aromatic rings. The van der Waals surface area contributed by atoms with Crippen LogP contribution in [-0.2, 0) is 10.0 Å². The summed E-state index contributed by atoms with van der Waals surface area (Å²) in [7, 11) is -5.32. The topological polar surface area (TPSA) is 49.4 Å². The van der Waals surface area contributed by atoms with Crippen molar-refractivity contribution in [3.05, 3.63) is 22.4 Å². The van der Waals surface area contributed by atoms with E-state index in [0.717, 1.165) is 0 Å². The molecule has 1 heterocycles. The number of allylic oxidation sites excluding steroid dienone is 2. The summed E-state index contributed by atoms with van der Waals surface area (Å²) in [6.07, 6.45) is 3.03. The van der Waals surface area contributed by atoms with Crippen molar-refractivity contribution in [1.29, 1.82) is 0 Å². The van der Waals surface area contributed by atoms with Crippen LogP contribution in [0.5, 0.6) is 0 Å². The molecular weight excluding hydrogens is 305 g/mol. The van der Waals surface area contributed by atoms with E-state index in [9.17, 15) is 21.6 Å². The van der Waals surface area contributed by atoms with E-state index in [4.69, 9.17) is 11.6 Å². The van der Waals surface area contributed by atoms with Gasteiger partial charge in [0.1, 0.15) is 0 Å². The Kier molecular flexibility index (Phi) is 3.85. The average Bonchev–Trinajstić information content (AvgIpc) is 2.51. The van der Waals surface area contributed by atoms with Gasteiger partial charge in [0.25, 0.3) is 0 Å². The van der Waals surface area contributed by atoms with Gasteiger partial charge >= 0.3 is 15.5 Å². The van der Waals surface area contributed by atoms with Crippen molar-refractivity contribution in [2.45, 2.75) is 18.3 Å². The Morgan fingerprint density at radius 2 is 2.05 bits per heavy atom. The predicted molar refractivity (Wildman–Crippen MR) is 64.7 cm³/mol. The van der Waals surface area contributed by atoms with Crippen LogP contribution in [0.2, 0.25) is 0 Å². The van der Waals surface area contributed by atoms with Gasteiger partial charge in [0.05, 0.1) is 0 Å². The third-order valence-electron chi connectivity index (χ3n) is 3.01. The number of halogens is 4. The number of hydrogen-bond acceptors (Lipinski definition) is 3. The van der Waals surface area contributed by atoms with Crippen LogP contribution in [0.3, 0.4) is 0 Å². The summed E-state index contributed by atoms with van der Waals surface area (Å²) in [5.74, 6) is 0. The summed E-state index contributed by atoms with van der Waals surface area (Å²) in [6, 6.07) is 0. The number of fused-ring (bicyclic) bond motifs is 1. The SMILES string of the molecule is O=S(=O)(N1CCNC2=CCCC(Cl)=C2C1)C(F)(F)F. The van der Waals surface area contributed by atoms with Crippen LogP contribution >= 0.6 is 11.6 Å². The lowest BCUT2D eigenvalue weighted by molar-refractivity contribution is -0.0485. The predicted octanol–water partition coefficient (Wildman–Crippen LogP) is 1.91. The van der Waals surface area contributed by atoms with Gasteiger partial charge in [-0.05, 0) is 12.8 Å². The third kappa shape index (κ3) is 2.75. The molecule has 0 spiro atoms. The highest BCUT2D eigenvalue weighted by Crippen LogP contribution is 2.32. The van der Waals surface area contributed by atoms with Crippen LogP contribution in [0, 0.1) is 0 Å². The second-order valence-corrected chi connectivity index (χ2v) is 6.64. The Hall–Kier alpha value is -0.730. The molecule has 108 valence electrons. The van der Waals surface area contributed by atoms with E-state index in [0.29, 0.717) is 33.4 Å². The molecular formula is C10H12ClF3N2O2S. The summed E-state index contributed by atoms with van der Waals surface area (Å²) >= 11 is 5.99. The molecule has 2 aliphatic rings. The Morgan fingerprint density at radius 1 is 1.37 bits per heavy atom. The maximum atomic E-state index is 12.6. The summed E-state index contributed by atoms with van der Waals surface area (Å²) in [5, 5.41) is 3.32. The lowest BCUT2D eigenvalue weighted by Crippen LogP contribution is -2.42. The highest BCUT2D eigenvalue weighted by molar-refractivity contribution is 7.90. The molecule has 0 unspecified atom stereocenters. The monoisotopic (exact) mass is 316 g/mol. The van der Waals surface area contributed by atoms with Crippen LogP contribution in [-0.4, -0.2) is 37.9 Å². The fourth-order valence-corrected chi connectivity index (χ4v) is 3.23. The molecule has 0 radical (unpaired) electrons. The van der Waals surface area contributed by atoms with Crippen LogP contribution in [0.25, 0.3) is 0 Å². The maximum Gasteiger partial charge on any atom is 0.511 e. The lowest BCUT2D eigenvalue weighted by Gasteiger charge is -2.23. The first-order valence-electron chi connectivity index (χ1n) is 5.62. The highest BCUT2D eigenvalue weighted by Gasteiger charge is 2.50. The summed E-state index contributed by atoms with van der Waals surface area (Å²) < 4.78 is 61.0. The maximum absolute atomic E-state index is 12.6. The molecule has 0 saturated carbocycles. The van der Waals surface area contributed by atoms with Gasteiger partial charge in [0, 0.05) is 35.9 Å². The quantitative estimate of drug-likeness (QED) is 0.804. The van der Waals surface area contributed by atoms with Crippen molar-refractivity contribution in [3.8, 4) is 0 Å². The smallest absolute Gasteiger partial charge is 0.384 e. The van der Waals surface area contributed by atoms with Gasteiger partial charge in [0.2, 0.25) is 0 Å². The minimum absolute atomic E-state index is 0.120. The van der Waals surface area contributed by atoms with E-state index >= 15 is 0 Å². The van der Waals surface area contributed by atoms with Gasteiger partial charge in [-0.3, -0.25) is 0 Å². The standard InChI is InChI=1S/C10H12ClF3N2O2S/c11-8-2-1-3-9-7(8)6-16(5-4-15-9)19(17,18)10(12,13)14/h3,15H,1-2,4-6H2. The Balaban J connectivity index is 2.34. The zero-order valence-electron chi connectivity index (χ0n) is 9.80. The Bertz CT molecular complexity index is 539. The van der Waals surface area contributed by atoms with E-state index in [1.54, 1.807) is 0 Å². The zero-order valence-corrected chi connectivity index (χ0v) is 11.4. The number of sulfonamides is 1. The van der Waals surface area contributed by atoms with E-state index in [1.807, 2.05) is 6.08 Å². The Labute approximate surface area is 114 Å². The van der Waals surface area contributed by atoms with Gasteiger partial charge in [-0.2, -0.15) is 17.5 Å². The molecule has 1 aliphatic heterocycles. The van der Waals surface area contributed by atoms with Crippen molar-refractivity contribution in [3.63, 3.8) is 0 Å². The molecule has 0 amide bonds. The molecule has 9 heteroatoms. The van der Waals surface area contributed by atoms with Gasteiger partial charge < -0.3 is 5.32 Å². The first-order valence-corrected chi connectivity index (χ1v) is 7.43. The fraction of sp³-hybridized carbons (Fsp3) is 0.600. The molecule has 1 fully saturated rings. The second-order valence-electron chi connectivity index (χ2n) is 4.25. The first kappa shape index (κ1) is 14.7. The third-order valence-corrected chi connectivity index (χ3v) is 5.00. The number of nitrogens with one attached hydrogen (secondary N) is 1. The molecule has 0 atom stereocenters. The zero-order chi connectivity index (χ0) is 14.3. The number of hydrogen-bond donors (Lipinski definition) is 1. The summed E-state index contributed by atoms with van der Waals surface area (Å²) in [4.78, 5) is 0. The van der Waals surface area contributed by atoms with Crippen molar-refractivity contribution < 1.29 is 21.6 Å². The largest absolute Gasteiger partial charge is 0.511 e. The Morgan fingerprint density at radius 3 is 2.68 bits per heavy atom. The summed E-state index contributed by atoms with van der Waals surface area (Å²) in [5.41, 5.74) is -4.22. The van der Waals surface area contributed by atoms with E-state index < -0.39 is 15.5 Å². The molecule has 19 heavy (non-hydrogen) atoms. The number of alkyl halides is 3. The van der Waals surface area contributed by atoms with Gasteiger partial charge in [0.15, 0.2) is 0 Å². The van der Waals surface area contributed by atoms with E-state index in [1.165, 1.54) is 0 Å². The molecule has 1 N–H and O–H groups in total. The molecule has 4 nitrogen and oxygen atoms in total. The van der Waals surface area contributed by atoms with Gasteiger partial charge in [-0.1, -0.05) is 17.7 Å². The number of nitrogens with zero attached hydrogens (tertiary/aromatic N) is 1. The second kappa shape index (κ2) is 4.99. The lowest BCUT2D eigenvalue weighted by atomic mass is 10.0. The normalized spacial score (nSPS) is 22.4. The minimum atomic E-state index is -5.32. The highest BCUT2D eigenvalue weighted by atomic mass is 35.5. The average molecular weight is 317 g/mol.